The van der Waals surface area contributed by atoms with E-state index >= 15 is 0 Å². The van der Waals surface area contributed by atoms with Crippen LogP contribution < -0.4 is 5.32 Å². The molecule has 0 spiro atoms. The number of aromatic hydroxyl groups is 1. The number of nitrogens with zero attached hydrogens (tertiary/aromatic N) is 1. The summed E-state index contributed by atoms with van der Waals surface area (Å²) in [5.41, 5.74) is 0.898. The van der Waals surface area contributed by atoms with E-state index in [0.717, 1.165) is 5.56 Å². The molecule has 1 aromatic heterocycles. The molecule has 2 N–H and O–H groups in total. The third-order valence-corrected chi connectivity index (χ3v) is 3.33. The summed E-state index contributed by atoms with van der Waals surface area (Å²) < 4.78 is 24.8. The number of benzene rings is 1. The number of halogens is 2. The van der Waals surface area contributed by atoms with Crippen molar-refractivity contribution in [1.82, 2.24) is 10.3 Å². The van der Waals surface area contributed by atoms with Gasteiger partial charge >= 0.3 is 0 Å². The molecule has 0 aliphatic heterocycles. The number of amides is 1. The van der Waals surface area contributed by atoms with Gasteiger partial charge in [-0.2, -0.15) is 8.78 Å². The lowest BCUT2D eigenvalue weighted by atomic mass is 10.2. The van der Waals surface area contributed by atoms with Crippen molar-refractivity contribution in [2.24, 2.45) is 0 Å². The molecule has 0 aliphatic carbocycles. The zero-order valence-corrected chi connectivity index (χ0v) is 11.6. The second-order valence-corrected chi connectivity index (χ2v) is 5.06. The summed E-state index contributed by atoms with van der Waals surface area (Å²) in [5.74, 6) is -2.98. The zero-order valence-electron chi connectivity index (χ0n) is 10.8. The Morgan fingerprint density at radius 3 is 2.67 bits per heavy atom. The number of phenols is 1. The Bertz CT molecular complexity index is 621. The number of carbonyl (C=O) groups excluding carboxylic acids is 1. The number of thioether (sulfide) groups is 1. The number of phenolic OH excluding ortho intramolecular Hbond substituents is 1. The van der Waals surface area contributed by atoms with Gasteiger partial charge in [0.15, 0.2) is 0 Å². The summed E-state index contributed by atoms with van der Waals surface area (Å²) >= 11 is 0.239. The smallest absolute Gasteiger partial charge is 0.290 e. The molecular weight excluding hydrogens is 298 g/mol. The molecule has 0 fully saturated rings. The lowest BCUT2D eigenvalue weighted by molar-refractivity contribution is 0.0947. The fraction of sp³-hybridized carbons (Fsp3) is 0.143. The molecule has 7 heteroatoms. The lowest BCUT2D eigenvalue weighted by Gasteiger charge is -2.08. The molecule has 0 bridgehead atoms. The number of carbonyl (C=O) groups is 1. The van der Waals surface area contributed by atoms with Gasteiger partial charge in [-0.05, 0) is 41.6 Å². The van der Waals surface area contributed by atoms with Gasteiger partial charge in [-0.3, -0.25) is 4.79 Å². The maximum absolute atomic E-state index is 12.4. The number of hydrogen-bond donors (Lipinski definition) is 2. The van der Waals surface area contributed by atoms with E-state index in [2.05, 4.69) is 10.3 Å². The van der Waals surface area contributed by atoms with E-state index in [1.807, 2.05) is 0 Å². The summed E-state index contributed by atoms with van der Waals surface area (Å²) in [4.78, 5) is 15.8. The van der Waals surface area contributed by atoms with Crippen LogP contribution in [-0.4, -0.2) is 21.8 Å². The fourth-order valence-electron chi connectivity index (χ4n) is 1.63. The van der Waals surface area contributed by atoms with Crippen molar-refractivity contribution in [3.05, 3.63) is 53.7 Å². The summed E-state index contributed by atoms with van der Waals surface area (Å²) in [5, 5.41) is 11.8. The molecular formula is C14H12F2N2O2S. The van der Waals surface area contributed by atoms with Gasteiger partial charge < -0.3 is 10.4 Å². The van der Waals surface area contributed by atoms with Gasteiger partial charge in [-0.1, -0.05) is 12.1 Å². The largest absolute Gasteiger partial charge is 0.508 e. The Kier molecular flexibility index (Phi) is 5.10. The molecule has 1 amide bonds. The molecule has 110 valence electrons. The van der Waals surface area contributed by atoms with Crippen LogP contribution in [0.2, 0.25) is 0 Å². The number of nitrogens with one attached hydrogen (secondary N) is 1. The number of alkyl halides is 2. The van der Waals surface area contributed by atoms with Crippen LogP contribution in [0.25, 0.3) is 0 Å². The maximum Gasteiger partial charge on any atom is 0.290 e. The molecule has 0 unspecified atom stereocenters. The summed E-state index contributed by atoms with van der Waals surface area (Å²) in [7, 11) is 0. The van der Waals surface area contributed by atoms with E-state index in [1.165, 1.54) is 30.5 Å². The third-order valence-electron chi connectivity index (χ3n) is 2.61. The fourth-order valence-corrected chi connectivity index (χ4v) is 2.21. The van der Waals surface area contributed by atoms with Gasteiger partial charge in [-0.15, -0.1) is 0 Å². The minimum absolute atomic E-state index is 0.00398. The Hall–Kier alpha value is -2.15. The van der Waals surface area contributed by atoms with Gasteiger partial charge in [0.2, 0.25) is 0 Å². The number of rotatable bonds is 5. The minimum atomic E-state index is -2.64. The summed E-state index contributed by atoms with van der Waals surface area (Å²) in [6.07, 6.45) is 1.36. The van der Waals surface area contributed by atoms with Crippen molar-refractivity contribution in [3.8, 4) is 5.75 Å². The molecule has 2 rings (SSSR count). The Balaban J connectivity index is 2.05. The summed E-state index contributed by atoms with van der Waals surface area (Å²) in [6.45, 7) is 0.229. The highest BCUT2D eigenvalue weighted by molar-refractivity contribution is 7.99. The van der Waals surface area contributed by atoms with Gasteiger partial charge in [0.05, 0.1) is 5.56 Å². The molecule has 0 atom stereocenters. The van der Waals surface area contributed by atoms with Crippen LogP contribution in [0.5, 0.6) is 5.75 Å². The average molecular weight is 310 g/mol. The molecule has 0 aliphatic rings. The molecule has 0 saturated carbocycles. The van der Waals surface area contributed by atoms with Crippen molar-refractivity contribution in [1.29, 1.82) is 0 Å². The van der Waals surface area contributed by atoms with Crippen LogP contribution in [0.4, 0.5) is 8.78 Å². The predicted octanol–water partition coefficient (Wildman–Crippen LogP) is 3.03. The first kappa shape index (κ1) is 15.2. The van der Waals surface area contributed by atoms with Crippen molar-refractivity contribution >= 4 is 17.7 Å². The first-order valence-corrected chi connectivity index (χ1v) is 6.90. The highest BCUT2D eigenvalue weighted by Crippen LogP contribution is 2.26. The third kappa shape index (κ3) is 4.42. The number of pyridine rings is 1. The van der Waals surface area contributed by atoms with Crippen LogP contribution in [0.3, 0.4) is 0 Å². The first-order valence-electron chi connectivity index (χ1n) is 6.02. The normalized spacial score (nSPS) is 10.6. The van der Waals surface area contributed by atoms with E-state index in [-0.39, 0.29) is 34.6 Å². The van der Waals surface area contributed by atoms with E-state index in [9.17, 15) is 13.6 Å². The second-order valence-electron chi connectivity index (χ2n) is 4.08. The second kappa shape index (κ2) is 7.03. The Labute approximate surface area is 124 Å². The van der Waals surface area contributed by atoms with Crippen LogP contribution in [-0.2, 0) is 6.54 Å². The van der Waals surface area contributed by atoms with Crippen LogP contribution in [0, 0.1) is 0 Å². The van der Waals surface area contributed by atoms with Crippen molar-refractivity contribution in [2.75, 3.05) is 0 Å². The van der Waals surface area contributed by atoms with Gasteiger partial charge in [0, 0.05) is 12.7 Å². The highest BCUT2D eigenvalue weighted by Gasteiger charge is 2.16. The lowest BCUT2D eigenvalue weighted by Crippen LogP contribution is -2.23. The Morgan fingerprint density at radius 1 is 1.29 bits per heavy atom. The molecule has 2 aromatic rings. The summed E-state index contributed by atoms with van der Waals surface area (Å²) in [6, 6.07) is 9.30. The topological polar surface area (TPSA) is 62.2 Å². The van der Waals surface area contributed by atoms with Gasteiger partial charge in [0.25, 0.3) is 11.7 Å². The van der Waals surface area contributed by atoms with Crippen molar-refractivity contribution in [3.63, 3.8) is 0 Å². The van der Waals surface area contributed by atoms with Crippen molar-refractivity contribution in [2.45, 2.75) is 17.3 Å². The van der Waals surface area contributed by atoms with Gasteiger partial charge in [-0.25, -0.2) is 4.98 Å². The molecule has 1 aromatic carbocycles. The SMILES string of the molecule is O=C(NCc1ccc(O)cc1)c1cccnc1SC(F)F. The number of hydrogen-bond acceptors (Lipinski definition) is 4. The monoisotopic (exact) mass is 310 g/mol. The molecule has 1 heterocycles. The quantitative estimate of drug-likeness (QED) is 0.833. The molecule has 0 radical (unpaired) electrons. The average Bonchev–Trinajstić information content (AvgIpc) is 2.46. The molecule has 21 heavy (non-hydrogen) atoms. The Morgan fingerprint density at radius 2 is 2.00 bits per heavy atom. The van der Waals surface area contributed by atoms with E-state index in [1.54, 1.807) is 12.1 Å². The van der Waals surface area contributed by atoms with Crippen LogP contribution >= 0.6 is 11.8 Å². The standard InChI is InChI=1S/C14H12F2N2O2S/c15-14(16)21-13-11(2-1-7-17-13)12(20)18-8-9-3-5-10(19)6-4-9/h1-7,14,19H,8H2,(H,18,20). The van der Waals surface area contributed by atoms with E-state index in [0.29, 0.717) is 0 Å². The minimum Gasteiger partial charge on any atom is -0.508 e. The van der Waals surface area contributed by atoms with E-state index < -0.39 is 11.7 Å². The molecule has 4 nitrogen and oxygen atoms in total. The van der Waals surface area contributed by atoms with E-state index in [4.69, 9.17) is 5.11 Å². The van der Waals surface area contributed by atoms with Crippen LogP contribution in [0.1, 0.15) is 15.9 Å². The number of aromatic nitrogens is 1. The first-order chi connectivity index (χ1) is 10.1. The van der Waals surface area contributed by atoms with Gasteiger partial charge in [0.1, 0.15) is 10.8 Å². The van der Waals surface area contributed by atoms with Crippen LogP contribution in [0.15, 0.2) is 47.6 Å². The molecule has 0 saturated heterocycles. The highest BCUT2D eigenvalue weighted by atomic mass is 32.2. The zero-order chi connectivity index (χ0) is 15.2. The maximum atomic E-state index is 12.4. The predicted molar refractivity (Wildman–Crippen MR) is 75.4 cm³/mol. The van der Waals surface area contributed by atoms with Crippen molar-refractivity contribution < 1.29 is 18.7 Å².